The van der Waals surface area contributed by atoms with Crippen LogP contribution >= 0.6 is 0 Å². The lowest BCUT2D eigenvalue weighted by molar-refractivity contribution is 0.0650. The average Bonchev–Trinajstić information content (AvgIpc) is 2.81. The van der Waals surface area contributed by atoms with Crippen molar-refractivity contribution in [3.8, 4) is 0 Å². The molecule has 2 N–H and O–H groups in total. The number of hydrogen-bond donors (Lipinski definition) is 2. The molecule has 2 aromatic heterocycles. The Labute approximate surface area is 191 Å². The van der Waals surface area contributed by atoms with Crippen LogP contribution in [0, 0.1) is 5.82 Å². The molecule has 2 aliphatic rings. The number of pyridine rings is 2. The lowest BCUT2D eigenvalue weighted by Gasteiger charge is -2.54. The molecule has 1 saturated heterocycles. The summed E-state index contributed by atoms with van der Waals surface area (Å²) in [6.07, 6.45) is 4.52. The third kappa shape index (κ3) is 3.78. The van der Waals surface area contributed by atoms with Crippen LogP contribution in [0.15, 0.2) is 41.3 Å². The number of hydrogen-bond acceptors (Lipinski definition) is 5. The highest BCUT2D eigenvalue weighted by Crippen LogP contribution is 2.37. The Kier molecular flexibility index (Phi) is 5.62. The Bertz CT molecular complexity index is 1260. The number of amides is 1. The molecule has 0 radical (unpaired) electrons. The summed E-state index contributed by atoms with van der Waals surface area (Å²) in [4.78, 5) is 35.7. The van der Waals surface area contributed by atoms with Gasteiger partial charge in [0.15, 0.2) is 5.82 Å². The number of anilines is 1. The fourth-order valence-electron chi connectivity index (χ4n) is 5.09. The molecular formula is C25H28FN5O2. The van der Waals surface area contributed by atoms with Crippen molar-refractivity contribution in [2.45, 2.75) is 44.8 Å². The molecule has 2 fully saturated rings. The molecule has 1 aromatic carbocycles. The highest BCUT2D eigenvalue weighted by atomic mass is 19.1. The molecule has 1 aliphatic heterocycles. The van der Waals surface area contributed by atoms with E-state index in [1.165, 1.54) is 0 Å². The number of nitrogens with zero attached hydrogens (tertiary/aromatic N) is 3. The zero-order valence-corrected chi connectivity index (χ0v) is 18.9. The Morgan fingerprint density at radius 1 is 1.18 bits per heavy atom. The van der Waals surface area contributed by atoms with E-state index in [1.54, 1.807) is 25.4 Å². The predicted molar refractivity (Wildman–Crippen MR) is 126 cm³/mol. The van der Waals surface area contributed by atoms with Crippen molar-refractivity contribution in [1.82, 2.24) is 20.2 Å². The number of rotatable bonds is 5. The molecule has 2 atom stereocenters. The summed E-state index contributed by atoms with van der Waals surface area (Å²) >= 11 is 0. The van der Waals surface area contributed by atoms with Gasteiger partial charge in [-0.3, -0.25) is 14.5 Å². The number of nitrogens with one attached hydrogen (secondary N) is 2. The number of benzene rings is 1. The lowest BCUT2D eigenvalue weighted by atomic mass is 9.81. The molecule has 0 bridgehead atoms. The number of piperazine rings is 1. The Morgan fingerprint density at radius 2 is 2.00 bits per heavy atom. The first-order valence-corrected chi connectivity index (χ1v) is 11.5. The molecule has 33 heavy (non-hydrogen) atoms. The van der Waals surface area contributed by atoms with E-state index < -0.39 is 0 Å². The molecule has 8 heteroatoms. The molecule has 5 rings (SSSR count). The van der Waals surface area contributed by atoms with E-state index in [1.807, 2.05) is 25.1 Å². The molecule has 172 valence electrons. The van der Waals surface area contributed by atoms with E-state index >= 15 is 4.39 Å². The van der Waals surface area contributed by atoms with E-state index in [4.69, 9.17) is 0 Å². The van der Waals surface area contributed by atoms with Crippen molar-refractivity contribution in [3.05, 3.63) is 69.5 Å². The first-order valence-electron chi connectivity index (χ1n) is 11.5. The van der Waals surface area contributed by atoms with E-state index in [0.29, 0.717) is 47.4 Å². The third-order valence-electron chi connectivity index (χ3n) is 7.11. The van der Waals surface area contributed by atoms with E-state index in [2.05, 4.69) is 25.1 Å². The average molecular weight is 450 g/mol. The summed E-state index contributed by atoms with van der Waals surface area (Å²) in [5.41, 5.74) is 2.77. The van der Waals surface area contributed by atoms with Gasteiger partial charge in [0, 0.05) is 55.3 Å². The number of halogens is 1. The van der Waals surface area contributed by atoms with E-state index in [9.17, 15) is 9.59 Å². The number of aromatic amines is 1. The smallest absolute Gasteiger partial charge is 0.269 e. The highest BCUT2D eigenvalue weighted by molar-refractivity contribution is 5.92. The van der Waals surface area contributed by atoms with Crippen molar-refractivity contribution >= 4 is 22.5 Å². The summed E-state index contributed by atoms with van der Waals surface area (Å²) < 4.78 is 15.3. The summed E-state index contributed by atoms with van der Waals surface area (Å²) in [6, 6.07) is 9.92. The molecule has 1 amide bonds. The van der Waals surface area contributed by atoms with Gasteiger partial charge in [-0.25, -0.2) is 9.37 Å². The minimum Gasteiger partial charge on any atom is -0.364 e. The molecule has 3 heterocycles. The van der Waals surface area contributed by atoms with Crippen molar-refractivity contribution in [2.24, 2.45) is 0 Å². The molecule has 0 unspecified atom stereocenters. The second-order valence-electron chi connectivity index (χ2n) is 8.84. The monoisotopic (exact) mass is 449 g/mol. The summed E-state index contributed by atoms with van der Waals surface area (Å²) in [5.74, 6) is -0.530. The standard InChI is InChI=1S/C25H28FN5O2/c1-3-15-12-16-4-5-17(22(26)23(16)29-24(15)32)14-30-10-11-31(21-9-8-20(21)30)18-6-7-19(28-13-18)25(33)27-2/h4-7,12-13,20-21H,3,8-11,14H2,1-2H3,(H,27,33)(H,29,32)/t20-,21+/m0/s1. The first kappa shape index (κ1) is 21.6. The van der Waals surface area contributed by atoms with Crippen LogP contribution in [0.4, 0.5) is 10.1 Å². The van der Waals surface area contributed by atoms with Gasteiger partial charge in [-0.15, -0.1) is 0 Å². The minimum atomic E-state index is -0.334. The lowest BCUT2D eigenvalue weighted by Crippen LogP contribution is -2.64. The SMILES string of the molecule is CCc1cc2ccc(CN3CCN(c4ccc(C(=O)NC)nc4)[C@@H]4CC[C@@H]43)c(F)c2[nH]c1=O. The minimum absolute atomic E-state index is 0.197. The molecule has 7 nitrogen and oxygen atoms in total. The predicted octanol–water partition coefficient (Wildman–Crippen LogP) is 2.84. The number of H-pyrrole nitrogens is 1. The van der Waals surface area contributed by atoms with Crippen LogP contribution in [0.25, 0.3) is 10.9 Å². The largest absolute Gasteiger partial charge is 0.364 e. The van der Waals surface area contributed by atoms with Crippen LogP contribution in [-0.4, -0.2) is 53.0 Å². The van der Waals surface area contributed by atoms with Gasteiger partial charge in [-0.05, 0) is 37.5 Å². The van der Waals surface area contributed by atoms with Crippen LogP contribution in [0.5, 0.6) is 0 Å². The van der Waals surface area contributed by atoms with Crippen LogP contribution in [0.2, 0.25) is 0 Å². The van der Waals surface area contributed by atoms with Crippen molar-refractivity contribution in [2.75, 3.05) is 25.0 Å². The van der Waals surface area contributed by atoms with Crippen LogP contribution < -0.4 is 15.8 Å². The fraction of sp³-hybridized carbons (Fsp3) is 0.400. The number of aryl methyl sites for hydroxylation is 1. The van der Waals surface area contributed by atoms with Gasteiger partial charge in [-0.2, -0.15) is 0 Å². The quantitative estimate of drug-likeness (QED) is 0.626. The molecule has 1 aliphatic carbocycles. The Hall–Kier alpha value is -3.26. The maximum Gasteiger partial charge on any atom is 0.269 e. The maximum absolute atomic E-state index is 15.3. The van der Waals surface area contributed by atoms with E-state index in [0.717, 1.165) is 37.0 Å². The molecular weight excluding hydrogens is 421 g/mol. The number of carbonyl (C=O) groups is 1. The number of fused-ring (bicyclic) bond motifs is 2. The van der Waals surface area contributed by atoms with Crippen molar-refractivity contribution < 1.29 is 9.18 Å². The van der Waals surface area contributed by atoms with Crippen molar-refractivity contribution in [3.63, 3.8) is 0 Å². The van der Waals surface area contributed by atoms with Crippen LogP contribution in [0.1, 0.15) is 41.4 Å². The summed E-state index contributed by atoms with van der Waals surface area (Å²) in [7, 11) is 1.59. The zero-order chi connectivity index (χ0) is 23.1. The fourth-order valence-corrected chi connectivity index (χ4v) is 5.09. The topological polar surface area (TPSA) is 81.3 Å². The molecule has 1 saturated carbocycles. The molecule has 0 spiro atoms. The van der Waals surface area contributed by atoms with Crippen molar-refractivity contribution in [1.29, 1.82) is 0 Å². The van der Waals surface area contributed by atoms with E-state index in [-0.39, 0.29) is 17.3 Å². The number of aromatic nitrogens is 2. The van der Waals surface area contributed by atoms with Crippen LogP contribution in [-0.2, 0) is 13.0 Å². The summed E-state index contributed by atoms with van der Waals surface area (Å²) in [5, 5.41) is 3.32. The highest BCUT2D eigenvalue weighted by Gasteiger charge is 2.43. The zero-order valence-electron chi connectivity index (χ0n) is 18.9. The Balaban J connectivity index is 1.34. The number of carbonyl (C=O) groups excluding carboxylic acids is 1. The van der Waals surface area contributed by atoms with Crippen LogP contribution in [0.3, 0.4) is 0 Å². The van der Waals surface area contributed by atoms with Gasteiger partial charge in [0.2, 0.25) is 0 Å². The van der Waals surface area contributed by atoms with Gasteiger partial charge in [0.25, 0.3) is 11.5 Å². The first-order chi connectivity index (χ1) is 16.0. The van der Waals surface area contributed by atoms with Gasteiger partial charge in [0.1, 0.15) is 5.69 Å². The summed E-state index contributed by atoms with van der Waals surface area (Å²) in [6.45, 7) is 4.06. The van der Waals surface area contributed by atoms with Gasteiger partial charge in [0.05, 0.1) is 17.4 Å². The van der Waals surface area contributed by atoms with Gasteiger partial charge < -0.3 is 15.2 Å². The normalized spacial score (nSPS) is 20.4. The second kappa shape index (κ2) is 8.59. The molecule has 3 aromatic rings. The van der Waals surface area contributed by atoms with Gasteiger partial charge >= 0.3 is 0 Å². The second-order valence-corrected chi connectivity index (χ2v) is 8.84. The Morgan fingerprint density at radius 3 is 2.67 bits per heavy atom. The maximum atomic E-state index is 15.3. The van der Waals surface area contributed by atoms with Gasteiger partial charge in [-0.1, -0.05) is 19.1 Å². The third-order valence-corrected chi connectivity index (χ3v) is 7.11.